The minimum Gasteiger partial charge on any atom is -0.493 e. The molecular formula is C21H23N3O3. The molecule has 0 aliphatic carbocycles. The minimum absolute atomic E-state index is 0.0282. The lowest BCUT2D eigenvalue weighted by Crippen LogP contribution is -2.07. The van der Waals surface area contributed by atoms with Crippen LogP contribution < -0.4 is 4.74 Å². The molecule has 0 aliphatic heterocycles. The molecule has 1 amide bonds. The van der Waals surface area contributed by atoms with E-state index in [4.69, 9.17) is 4.74 Å². The van der Waals surface area contributed by atoms with Crippen LogP contribution >= 0.6 is 0 Å². The number of nitrogens with zero attached hydrogens (tertiary/aromatic N) is 3. The Hall–Kier alpha value is -3.15. The molecule has 2 aromatic carbocycles. The van der Waals surface area contributed by atoms with Gasteiger partial charge in [-0.05, 0) is 43.2 Å². The van der Waals surface area contributed by atoms with Crippen LogP contribution in [0, 0.1) is 6.92 Å². The fourth-order valence-electron chi connectivity index (χ4n) is 2.94. The summed E-state index contributed by atoms with van der Waals surface area (Å²) in [5.74, 6) is 0.0679. The molecule has 0 aliphatic rings. The lowest BCUT2D eigenvalue weighted by Gasteiger charge is -2.04. The van der Waals surface area contributed by atoms with Crippen LogP contribution in [0.4, 0.5) is 5.69 Å². The van der Waals surface area contributed by atoms with Crippen molar-refractivity contribution >= 4 is 22.5 Å². The Morgan fingerprint density at radius 2 is 1.93 bits per heavy atom. The van der Waals surface area contributed by atoms with E-state index < -0.39 is 5.91 Å². The Labute approximate surface area is 158 Å². The van der Waals surface area contributed by atoms with Crippen LogP contribution in [0.5, 0.6) is 11.6 Å². The van der Waals surface area contributed by atoms with Crippen LogP contribution in [0.25, 0.3) is 10.9 Å². The zero-order valence-electron chi connectivity index (χ0n) is 15.8. The van der Waals surface area contributed by atoms with Gasteiger partial charge in [-0.1, -0.05) is 37.1 Å². The number of benzene rings is 2. The molecule has 0 spiro atoms. The van der Waals surface area contributed by atoms with Crippen molar-refractivity contribution in [2.24, 2.45) is 17.3 Å². The predicted octanol–water partition coefficient (Wildman–Crippen LogP) is 4.83. The molecule has 0 fully saturated rings. The number of rotatable bonds is 6. The summed E-state index contributed by atoms with van der Waals surface area (Å²) in [6, 6.07) is 13.4. The predicted molar refractivity (Wildman–Crippen MR) is 105 cm³/mol. The molecule has 3 aromatic rings. The van der Waals surface area contributed by atoms with Gasteiger partial charge in [0, 0.05) is 12.4 Å². The highest BCUT2D eigenvalue weighted by Gasteiger charge is 2.14. The number of aromatic nitrogens is 1. The van der Waals surface area contributed by atoms with Crippen molar-refractivity contribution in [3.8, 4) is 11.6 Å². The number of hydrogen-bond donors (Lipinski definition) is 1. The van der Waals surface area contributed by atoms with E-state index in [9.17, 15) is 9.90 Å². The second kappa shape index (κ2) is 8.03. The third-order valence-corrected chi connectivity index (χ3v) is 4.38. The first-order valence-electron chi connectivity index (χ1n) is 8.94. The molecule has 6 heteroatoms. The summed E-state index contributed by atoms with van der Waals surface area (Å²) in [6.07, 6.45) is 2.10. The van der Waals surface area contributed by atoms with E-state index in [1.165, 1.54) is 5.56 Å². The standard InChI is InChI=1S/C21H23N3O3/c1-4-5-15-7-9-16(10-8-15)27-13-19(25)22-23-20-17-12-14(2)6-11-18(17)24(3)21(20)26/h6-12,26H,4-5,13H2,1-3H3. The molecule has 0 saturated heterocycles. The highest BCUT2D eigenvalue weighted by Crippen LogP contribution is 2.38. The molecule has 0 bridgehead atoms. The number of azo groups is 1. The fourth-order valence-corrected chi connectivity index (χ4v) is 2.94. The van der Waals surface area contributed by atoms with E-state index in [1.54, 1.807) is 11.6 Å². The van der Waals surface area contributed by atoms with Crippen molar-refractivity contribution in [1.29, 1.82) is 0 Å². The van der Waals surface area contributed by atoms with Gasteiger partial charge in [0.15, 0.2) is 12.3 Å². The van der Waals surface area contributed by atoms with E-state index in [0.717, 1.165) is 29.3 Å². The quantitative estimate of drug-likeness (QED) is 0.635. The van der Waals surface area contributed by atoms with E-state index in [1.807, 2.05) is 49.4 Å². The molecular weight excluding hydrogens is 342 g/mol. The van der Waals surface area contributed by atoms with Crippen LogP contribution in [0.2, 0.25) is 0 Å². The molecule has 3 rings (SSSR count). The number of fused-ring (bicyclic) bond motifs is 1. The summed E-state index contributed by atoms with van der Waals surface area (Å²) < 4.78 is 7.07. The fraction of sp³-hybridized carbons (Fsp3) is 0.286. The number of hydrogen-bond acceptors (Lipinski definition) is 4. The average molecular weight is 365 g/mol. The van der Waals surface area contributed by atoms with Crippen molar-refractivity contribution in [1.82, 2.24) is 4.57 Å². The van der Waals surface area contributed by atoms with Crippen LogP contribution in [0.15, 0.2) is 52.7 Å². The average Bonchev–Trinajstić information content (AvgIpc) is 2.89. The van der Waals surface area contributed by atoms with Gasteiger partial charge in [-0.15, -0.1) is 10.2 Å². The molecule has 0 radical (unpaired) electrons. The zero-order chi connectivity index (χ0) is 19.4. The van der Waals surface area contributed by atoms with Gasteiger partial charge in [-0.25, -0.2) is 0 Å². The van der Waals surface area contributed by atoms with Crippen LogP contribution in [-0.2, 0) is 18.3 Å². The van der Waals surface area contributed by atoms with Crippen molar-refractivity contribution in [3.05, 3.63) is 53.6 Å². The summed E-state index contributed by atoms with van der Waals surface area (Å²) in [7, 11) is 1.74. The number of ether oxygens (including phenoxy) is 1. The minimum atomic E-state index is -0.517. The molecule has 0 unspecified atom stereocenters. The van der Waals surface area contributed by atoms with Crippen molar-refractivity contribution in [2.45, 2.75) is 26.7 Å². The maximum Gasteiger partial charge on any atom is 0.302 e. The van der Waals surface area contributed by atoms with Gasteiger partial charge in [0.05, 0.1) is 5.52 Å². The maximum absolute atomic E-state index is 12.0. The number of amides is 1. The zero-order valence-corrected chi connectivity index (χ0v) is 15.8. The lowest BCUT2D eigenvalue weighted by atomic mass is 10.1. The normalized spacial score (nSPS) is 11.4. The Balaban J connectivity index is 1.69. The van der Waals surface area contributed by atoms with Gasteiger partial charge in [0.1, 0.15) is 5.75 Å². The number of carbonyl (C=O) groups is 1. The number of aryl methyl sites for hydroxylation is 3. The van der Waals surface area contributed by atoms with Gasteiger partial charge < -0.3 is 14.4 Å². The highest BCUT2D eigenvalue weighted by molar-refractivity contribution is 5.95. The van der Waals surface area contributed by atoms with Crippen molar-refractivity contribution in [3.63, 3.8) is 0 Å². The number of carbonyl (C=O) groups excluding carboxylic acids is 1. The largest absolute Gasteiger partial charge is 0.493 e. The molecule has 27 heavy (non-hydrogen) atoms. The first kappa shape index (κ1) is 18.6. The summed E-state index contributed by atoms with van der Waals surface area (Å²) in [4.78, 5) is 12.0. The maximum atomic E-state index is 12.0. The van der Waals surface area contributed by atoms with Gasteiger partial charge in [-0.2, -0.15) is 0 Å². The summed E-state index contributed by atoms with van der Waals surface area (Å²) in [5.41, 5.74) is 3.37. The summed E-state index contributed by atoms with van der Waals surface area (Å²) >= 11 is 0. The van der Waals surface area contributed by atoms with Gasteiger partial charge in [-0.3, -0.25) is 4.79 Å². The van der Waals surface area contributed by atoms with E-state index >= 15 is 0 Å². The molecule has 1 N–H and O–H groups in total. The second-order valence-corrected chi connectivity index (χ2v) is 6.53. The summed E-state index contributed by atoms with van der Waals surface area (Å²) in [5, 5.41) is 18.7. The van der Waals surface area contributed by atoms with Crippen LogP contribution in [0.1, 0.15) is 24.5 Å². The van der Waals surface area contributed by atoms with Gasteiger partial charge in [0.2, 0.25) is 5.88 Å². The highest BCUT2D eigenvalue weighted by atomic mass is 16.5. The van der Waals surface area contributed by atoms with E-state index in [-0.39, 0.29) is 18.2 Å². The van der Waals surface area contributed by atoms with Crippen molar-refractivity contribution in [2.75, 3.05) is 6.61 Å². The van der Waals surface area contributed by atoms with Crippen molar-refractivity contribution < 1.29 is 14.6 Å². The first-order valence-corrected chi connectivity index (χ1v) is 8.94. The van der Waals surface area contributed by atoms with E-state index in [2.05, 4.69) is 17.2 Å². The smallest absolute Gasteiger partial charge is 0.302 e. The van der Waals surface area contributed by atoms with Gasteiger partial charge >= 0.3 is 5.91 Å². The van der Waals surface area contributed by atoms with Gasteiger partial charge in [0.25, 0.3) is 0 Å². The molecule has 0 atom stereocenters. The topological polar surface area (TPSA) is 76.2 Å². The van der Waals surface area contributed by atoms with Crippen LogP contribution in [-0.4, -0.2) is 22.2 Å². The first-order chi connectivity index (χ1) is 13.0. The molecule has 140 valence electrons. The summed E-state index contributed by atoms with van der Waals surface area (Å²) in [6.45, 7) is 3.87. The third-order valence-electron chi connectivity index (χ3n) is 4.38. The SMILES string of the molecule is CCCc1ccc(OCC(=O)N=Nc2c(O)n(C)c3ccc(C)cc23)cc1. The van der Waals surface area contributed by atoms with E-state index in [0.29, 0.717) is 5.75 Å². The molecule has 0 saturated carbocycles. The molecule has 1 aromatic heterocycles. The Kier molecular flexibility index (Phi) is 5.54. The number of aromatic hydroxyl groups is 1. The Morgan fingerprint density at radius 3 is 2.63 bits per heavy atom. The Bertz CT molecular complexity index is 988. The lowest BCUT2D eigenvalue weighted by molar-refractivity contribution is -0.120. The van der Waals surface area contributed by atoms with Crippen LogP contribution in [0.3, 0.4) is 0 Å². The third kappa shape index (κ3) is 4.16. The monoisotopic (exact) mass is 365 g/mol. The second-order valence-electron chi connectivity index (χ2n) is 6.53. The Morgan fingerprint density at radius 1 is 1.19 bits per heavy atom. The molecule has 6 nitrogen and oxygen atoms in total. The molecule has 1 heterocycles.